The fourth-order valence-electron chi connectivity index (χ4n) is 2.02. The van der Waals surface area contributed by atoms with Crippen LogP contribution < -0.4 is 10.1 Å². The highest BCUT2D eigenvalue weighted by atomic mass is 79.9. The Kier molecular flexibility index (Phi) is 5.57. The molecule has 0 fully saturated rings. The summed E-state index contributed by atoms with van der Waals surface area (Å²) in [7, 11) is 3.63. The SMILES string of the molecule is CNC(Cc1ccc(Br)cn1)c1ccc(OC)c(Br)c1. The molecule has 1 heterocycles. The highest BCUT2D eigenvalue weighted by Crippen LogP contribution is 2.29. The van der Waals surface area contributed by atoms with Gasteiger partial charge in [0.15, 0.2) is 0 Å². The second-order valence-electron chi connectivity index (χ2n) is 4.41. The number of nitrogens with one attached hydrogen (secondary N) is 1. The van der Waals surface area contributed by atoms with Crippen molar-refractivity contribution in [1.29, 1.82) is 0 Å². The molecule has 0 aliphatic heterocycles. The van der Waals surface area contributed by atoms with Crippen molar-refractivity contribution in [3.05, 3.63) is 56.7 Å². The van der Waals surface area contributed by atoms with E-state index >= 15 is 0 Å². The lowest BCUT2D eigenvalue weighted by atomic mass is 10.0. The largest absolute Gasteiger partial charge is 0.496 e. The van der Waals surface area contributed by atoms with E-state index in [0.717, 1.165) is 26.8 Å². The Bertz CT molecular complexity index is 573. The molecule has 106 valence electrons. The van der Waals surface area contributed by atoms with E-state index in [0.29, 0.717) is 0 Å². The highest BCUT2D eigenvalue weighted by Gasteiger charge is 2.13. The summed E-state index contributed by atoms with van der Waals surface area (Å²) in [4.78, 5) is 4.42. The van der Waals surface area contributed by atoms with Gasteiger partial charge in [0.1, 0.15) is 5.75 Å². The molecular formula is C15H16Br2N2O. The summed E-state index contributed by atoms with van der Waals surface area (Å²) in [6.45, 7) is 0. The van der Waals surface area contributed by atoms with Gasteiger partial charge in [0.05, 0.1) is 11.6 Å². The lowest BCUT2D eigenvalue weighted by molar-refractivity contribution is 0.411. The van der Waals surface area contributed by atoms with Crippen molar-refractivity contribution in [2.45, 2.75) is 12.5 Å². The van der Waals surface area contributed by atoms with E-state index in [1.165, 1.54) is 5.56 Å². The number of halogens is 2. The molecule has 0 saturated heterocycles. The third-order valence-electron chi connectivity index (χ3n) is 3.13. The molecule has 3 nitrogen and oxygen atoms in total. The summed E-state index contributed by atoms with van der Waals surface area (Å²) in [5.41, 5.74) is 2.25. The minimum absolute atomic E-state index is 0.214. The maximum atomic E-state index is 5.26. The van der Waals surface area contributed by atoms with E-state index in [9.17, 15) is 0 Å². The predicted octanol–water partition coefficient (Wildman–Crippen LogP) is 4.12. The molecule has 1 N–H and O–H groups in total. The number of aromatic nitrogens is 1. The third-order valence-corrected chi connectivity index (χ3v) is 4.22. The number of nitrogens with zero attached hydrogens (tertiary/aromatic N) is 1. The van der Waals surface area contributed by atoms with Crippen molar-refractivity contribution in [2.75, 3.05) is 14.2 Å². The average molecular weight is 400 g/mol. The fourth-order valence-corrected chi connectivity index (χ4v) is 2.82. The van der Waals surface area contributed by atoms with Crippen LogP contribution in [0, 0.1) is 0 Å². The van der Waals surface area contributed by atoms with E-state index in [1.54, 1.807) is 7.11 Å². The molecule has 1 atom stereocenters. The molecule has 0 radical (unpaired) electrons. The minimum atomic E-state index is 0.214. The van der Waals surface area contributed by atoms with E-state index in [1.807, 2.05) is 31.4 Å². The highest BCUT2D eigenvalue weighted by molar-refractivity contribution is 9.10. The van der Waals surface area contributed by atoms with Crippen LogP contribution in [0.3, 0.4) is 0 Å². The van der Waals surface area contributed by atoms with Gasteiger partial charge in [-0.2, -0.15) is 0 Å². The van der Waals surface area contributed by atoms with E-state index in [-0.39, 0.29) is 6.04 Å². The normalized spacial score (nSPS) is 12.2. The lowest BCUT2D eigenvalue weighted by Crippen LogP contribution is -2.19. The van der Waals surface area contributed by atoms with Gasteiger partial charge in [-0.25, -0.2) is 0 Å². The van der Waals surface area contributed by atoms with Crippen molar-refractivity contribution in [3.8, 4) is 5.75 Å². The summed E-state index contributed by atoms with van der Waals surface area (Å²) in [6.07, 6.45) is 2.66. The number of methoxy groups -OCH3 is 1. The number of hydrogen-bond acceptors (Lipinski definition) is 3. The topological polar surface area (TPSA) is 34.2 Å². The van der Waals surface area contributed by atoms with Gasteiger partial charge in [-0.15, -0.1) is 0 Å². The monoisotopic (exact) mass is 398 g/mol. The van der Waals surface area contributed by atoms with Crippen LogP contribution in [0.1, 0.15) is 17.3 Å². The zero-order valence-corrected chi connectivity index (χ0v) is 14.5. The Hall–Kier alpha value is -0.910. The molecule has 20 heavy (non-hydrogen) atoms. The summed E-state index contributed by atoms with van der Waals surface area (Å²) >= 11 is 6.93. The first-order chi connectivity index (χ1) is 9.63. The van der Waals surface area contributed by atoms with Gasteiger partial charge in [-0.1, -0.05) is 6.07 Å². The van der Waals surface area contributed by atoms with Gasteiger partial charge < -0.3 is 10.1 Å². The molecule has 0 bridgehead atoms. The molecule has 0 amide bonds. The Balaban J connectivity index is 2.19. The fraction of sp³-hybridized carbons (Fsp3) is 0.267. The molecule has 2 rings (SSSR count). The lowest BCUT2D eigenvalue weighted by Gasteiger charge is -2.17. The van der Waals surface area contributed by atoms with Crippen LogP contribution in [-0.4, -0.2) is 19.1 Å². The minimum Gasteiger partial charge on any atom is -0.496 e. The first-order valence-electron chi connectivity index (χ1n) is 6.25. The zero-order valence-electron chi connectivity index (χ0n) is 11.4. The molecule has 0 aliphatic carbocycles. The number of benzene rings is 1. The zero-order chi connectivity index (χ0) is 14.5. The van der Waals surface area contributed by atoms with Crippen molar-refractivity contribution in [2.24, 2.45) is 0 Å². The van der Waals surface area contributed by atoms with E-state index in [2.05, 4.69) is 54.3 Å². The maximum absolute atomic E-state index is 5.26. The van der Waals surface area contributed by atoms with Crippen molar-refractivity contribution < 1.29 is 4.74 Å². The van der Waals surface area contributed by atoms with Crippen LogP contribution in [0.25, 0.3) is 0 Å². The van der Waals surface area contributed by atoms with Crippen LogP contribution in [0.4, 0.5) is 0 Å². The van der Waals surface area contributed by atoms with E-state index < -0.39 is 0 Å². The van der Waals surface area contributed by atoms with E-state index in [4.69, 9.17) is 4.74 Å². The smallest absolute Gasteiger partial charge is 0.133 e. The van der Waals surface area contributed by atoms with Crippen LogP contribution >= 0.6 is 31.9 Å². The maximum Gasteiger partial charge on any atom is 0.133 e. The Morgan fingerprint density at radius 3 is 2.60 bits per heavy atom. The second kappa shape index (κ2) is 7.20. The van der Waals surface area contributed by atoms with Gasteiger partial charge in [-0.3, -0.25) is 4.98 Å². The Morgan fingerprint density at radius 1 is 1.25 bits per heavy atom. The van der Waals surface area contributed by atoms with Crippen LogP contribution in [0.15, 0.2) is 45.5 Å². The molecular weight excluding hydrogens is 384 g/mol. The summed E-state index contributed by atoms with van der Waals surface area (Å²) < 4.78 is 7.21. The molecule has 0 aliphatic rings. The van der Waals surface area contributed by atoms with Gasteiger partial charge in [0.2, 0.25) is 0 Å². The third kappa shape index (κ3) is 3.81. The number of rotatable bonds is 5. The van der Waals surface area contributed by atoms with Crippen LogP contribution in [0.5, 0.6) is 5.75 Å². The standard InChI is InChI=1S/C15H16Br2N2O/c1-18-14(8-12-5-4-11(16)9-19-12)10-3-6-15(20-2)13(17)7-10/h3-7,9,14,18H,8H2,1-2H3. The summed E-state index contributed by atoms with van der Waals surface area (Å²) in [5, 5.41) is 3.33. The van der Waals surface area contributed by atoms with Crippen molar-refractivity contribution in [1.82, 2.24) is 10.3 Å². The van der Waals surface area contributed by atoms with Gasteiger partial charge in [-0.05, 0) is 68.7 Å². The molecule has 1 aromatic heterocycles. The summed E-state index contributed by atoms with van der Waals surface area (Å²) in [6, 6.07) is 10.4. The summed E-state index contributed by atoms with van der Waals surface area (Å²) in [5.74, 6) is 0.838. The van der Waals surface area contributed by atoms with Gasteiger partial charge >= 0.3 is 0 Å². The first-order valence-corrected chi connectivity index (χ1v) is 7.83. The number of pyridine rings is 1. The quantitative estimate of drug-likeness (QED) is 0.821. The van der Waals surface area contributed by atoms with Crippen molar-refractivity contribution >= 4 is 31.9 Å². The molecule has 1 aromatic carbocycles. The Labute approximate surface area is 136 Å². The molecule has 2 aromatic rings. The first kappa shape index (κ1) is 15.5. The molecule has 1 unspecified atom stereocenters. The van der Waals surface area contributed by atoms with Crippen LogP contribution in [-0.2, 0) is 6.42 Å². The average Bonchev–Trinajstić information content (AvgIpc) is 2.46. The van der Waals surface area contributed by atoms with Crippen molar-refractivity contribution in [3.63, 3.8) is 0 Å². The predicted molar refractivity (Wildman–Crippen MR) is 88.1 cm³/mol. The van der Waals surface area contributed by atoms with Gasteiger partial charge in [0.25, 0.3) is 0 Å². The second-order valence-corrected chi connectivity index (χ2v) is 6.18. The molecule has 0 saturated carbocycles. The number of likely N-dealkylation sites (N-methyl/N-ethyl adjacent to an activating group) is 1. The molecule has 0 spiro atoms. The van der Waals surface area contributed by atoms with Crippen LogP contribution in [0.2, 0.25) is 0 Å². The Morgan fingerprint density at radius 2 is 2.05 bits per heavy atom. The molecule has 5 heteroatoms. The number of ether oxygens (including phenoxy) is 1. The number of hydrogen-bond donors (Lipinski definition) is 1. The van der Waals surface area contributed by atoms with Gasteiger partial charge in [0, 0.05) is 28.8 Å².